The highest BCUT2D eigenvalue weighted by Gasteiger charge is 2.26. The molecule has 0 radical (unpaired) electrons. The Kier molecular flexibility index (Phi) is 2.58. The molecule has 0 amide bonds. The molecule has 1 aromatic rings. The Morgan fingerprint density at radius 1 is 1.67 bits per heavy atom. The Morgan fingerprint density at radius 3 is 2.93 bits per heavy atom. The van der Waals surface area contributed by atoms with E-state index < -0.39 is 5.97 Å². The molecule has 1 aromatic heterocycles. The first-order valence-corrected chi connectivity index (χ1v) is 5.09. The van der Waals surface area contributed by atoms with Crippen LogP contribution in [-0.4, -0.2) is 22.2 Å². The number of aromatic carboxylic acids is 1. The molecule has 0 aromatic carbocycles. The molecule has 1 saturated carbocycles. The summed E-state index contributed by atoms with van der Waals surface area (Å²) in [5.74, 6) is -0.627. The van der Waals surface area contributed by atoms with Crippen LogP contribution >= 0.6 is 0 Å². The number of hydrogen-bond acceptors (Lipinski definition) is 3. The fourth-order valence-electron chi connectivity index (χ4n) is 1.29. The van der Waals surface area contributed by atoms with Crippen molar-refractivity contribution in [1.82, 2.24) is 4.98 Å². The Labute approximate surface area is 87.9 Å². The van der Waals surface area contributed by atoms with Crippen LogP contribution in [0, 0.1) is 0 Å². The highest BCUT2D eigenvalue weighted by atomic mass is 16.5. The van der Waals surface area contributed by atoms with Crippen LogP contribution in [0.15, 0.2) is 12.3 Å². The largest absolute Gasteiger partial charge is 0.488 e. The van der Waals surface area contributed by atoms with Crippen molar-refractivity contribution in [2.24, 2.45) is 0 Å². The summed E-state index contributed by atoms with van der Waals surface area (Å²) in [7, 11) is 0. The SMILES string of the molecule is CCc1cnc(C(=O)O)c(OC2CC2)c1. The second kappa shape index (κ2) is 3.88. The molecule has 0 saturated heterocycles. The van der Waals surface area contributed by atoms with Crippen LogP contribution in [-0.2, 0) is 6.42 Å². The lowest BCUT2D eigenvalue weighted by Crippen LogP contribution is -2.07. The predicted molar refractivity (Wildman–Crippen MR) is 54.2 cm³/mol. The van der Waals surface area contributed by atoms with Crippen LogP contribution in [0.25, 0.3) is 0 Å². The van der Waals surface area contributed by atoms with Crippen molar-refractivity contribution >= 4 is 5.97 Å². The molecule has 2 rings (SSSR count). The van der Waals surface area contributed by atoms with Crippen molar-refractivity contribution in [3.05, 3.63) is 23.5 Å². The number of aromatic nitrogens is 1. The molecule has 0 aliphatic heterocycles. The van der Waals surface area contributed by atoms with Gasteiger partial charge >= 0.3 is 5.97 Å². The van der Waals surface area contributed by atoms with Crippen molar-refractivity contribution in [3.63, 3.8) is 0 Å². The van der Waals surface area contributed by atoms with Gasteiger partial charge in [-0.2, -0.15) is 0 Å². The van der Waals surface area contributed by atoms with Gasteiger partial charge in [0, 0.05) is 6.20 Å². The first-order valence-electron chi connectivity index (χ1n) is 5.09. The second-order valence-electron chi connectivity index (χ2n) is 3.67. The molecule has 4 nitrogen and oxygen atoms in total. The van der Waals surface area contributed by atoms with Gasteiger partial charge in [0.1, 0.15) is 0 Å². The van der Waals surface area contributed by atoms with E-state index in [-0.39, 0.29) is 11.8 Å². The van der Waals surface area contributed by atoms with Crippen LogP contribution < -0.4 is 4.74 Å². The molecule has 0 atom stereocenters. The van der Waals surface area contributed by atoms with Gasteiger partial charge in [0.05, 0.1) is 6.10 Å². The molecule has 1 aliphatic carbocycles. The zero-order valence-electron chi connectivity index (χ0n) is 8.56. The molecule has 1 fully saturated rings. The molecular formula is C11H13NO3. The lowest BCUT2D eigenvalue weighted by Gasteiger charge is -2.08. The summed E-state index contributed by atoms with van der Waals surface area (Å²) in [5.41, 5.74) is 1.01. The molecule has 15 heavy (non-hydrogen) atoms. The highest BCUT2D eigenvalue weighted by molar-refractivity contribution is 5.88. The molecule has 4 heteroatoms. The van der Waals surface area contributed by atoms with Gasteiger partial charge in [-0.25, -0.2) is 9.78 Å². The zero-order valence-corrected chi connectivity index (χ0v) is 8.56. The summed E-state index contributed by atoms with van der Waals surface area (Å²) in [5, 5.41) is 8.92. The van der Waals surface area contributed by atoms with E-state index in [2.05, 4.69) is 4.98 Å². The third-order valence-corrected chi connectivity index (χ3v) is 2.34. The van der Waals surface area contributed by atoms with E-state index in [4.69, 9.17) is 9.84 Å². The molecule has 0 spiro atoms. The van der Waals surface area contributed by atoms with Crippen LogP contribution in [0.1, 0.15) is 35.8 Å². The Balaban J connectivity index is 2.30. The number of rotatable bonds is 4. The number of pyridine rings is 1. The van der Waals surface area contributed by atoms with E-state index >= 15 is 0 Å². The highest BCUT2D eigenvalue weighted by Crippen LogP contribution is 2.29. The van der Waals surface area contributed by atoms with Crippen molar-refractivity contribution in [2.75, 3.05) is 0 Å². The molecular weight excluding hydrogens is 194 g/mol. The Bertz CT molecular complexity index is 385. The van der Waals surface area contributed by atoms with Gasteiger partial charge < -0.3 is 9.84 Å². The van der Waals surface area contributed by atoms with Crippen molar-refractivity contribution in [2.45, 2.75) is 32.3 Å². The van der Waals surface area contributed by atoms with Crippen LogP contribution in [0.2, 0.25) is 0 Å². The first kappa shape index (κ1) is 9.96. The summed E-state index contributed by atoms with van der Waals surface area (Å²) < 4.78 is 5.52. The molecule has 1 heterocycles. The van der Waals surface area contributed by atoms with Crippen LogP contribution in [0.4, 0.5) is 0 Å². The van der Waals surface area contributed by atoms with Gasteiger partial charge in [-0.15, -0.1) is 0 Å². The average Bonchev–Trinajstić information content (AvgIpc) is 3.01. The maximum Gasteiger partial charge on any atom is 0.358 e. The molecule has 0 unspecified atom stereocenters. The minimum Gasteiger partial charge on any atom is -0.488 e. The summed E-state index contributed by atoms with van der Waals surface area (Å²) >= 11 is 0. The van der Waals surface area contributed by atoms with Gasteiger partial charge in [0.2, 0.25) is 0 Å². The fraction of sp³-hybridized carbons (Fsp3) is 0.455. The number of carbonyl (C=O) groups is 1. The number of carboxylic acid groups (broad SMARTS) is 1. The monoisotopic (exact) mass is 207 g/mol. The lowest BCUT2D eigenvalue weighted by molar-refractivity contribution is 0.0685. The molecule has 1 aliphatic rings. The van der Waals surface area contributed by atoms with E-state index in [0.717, 1.165) is 24.8 Å². The average molecular weight is 207 g/mol. The van der Waals surface area contributed by atoms with Gasteiger partial charge in [0.25, 0.3) is 0 Å². The second-order valence-corrected chi connectivity index (χ2v) is 3.67. The number of nitrogens with zero attached hydrogens (tertiary/aromatic N) is 1. The third kappa shape index (κ3) is 2.26. The summed E-state index contributed by atoms with van der Waals surface area (Å²) in [6.07, 6.45) is 4.62. The number of aryl methyl sites for hydroxylation is 1. The molecule has 80 valence electrons. The van der Waals surface area contributed by atoms with Crippen molar-refractivity contribution in [3.8, 4) is 5.75 Å². The van der Waals surface area contributed by atoms with Gasteiger partial charge in [-0.3, -0.25) is 0 Å². The third-order valence-electron chi connectivity index (χ3n) is 2.34. The number of carboxylic acids is 1. The minimum atomic E-state index is -1.03. The van der Waals surface area contributed by atoms with E-state index in [1.165, 1.54) is 0 Å². The summed E-state index contributed by atoms with van der Waals surface area (Å²) in [6, 6.07) is 1.77. The van der Waals surface area contributed by atoms with E-state index in [9.17, 15) is 4.79 Å². The van der Waals surface area contributed by atoms with Gasteiger partial charge in [-0.05, 0) is 30.9 Å². The van der Waals surface area contributed by atoms with E-state index in [1.807, 2.05) is 6.92 Å². The first-order chi connectivity index (χ1) is 7.20. The van der Waals surface area contributed by atoms with Crippen LogP contribution in [0.3, 0.4) is 0 Å². The smallest absolute Gasteiger partial charge is 0.358 e. The van der Waals surface area contributed by atoms with Gasteiger partial charge in [-0.1, -0.05) is 6.92 Å². The van der Waals surface area contributed by atoms with E-state index in [1.54, 1.807) is 12.3 Å². The summed E-state index contributed by atoms with van der Waals surface area (Å²) in [4.78, 5) is 14.8. The zero-order chi connectivity index (χ0) is 10.8. The van der Waals surface area contributed by atoms with Crippen molar-refractivity contribution in [1.29, 1.82) is 0 Å². The maximum atomic E-state index is 10.9. The minimum absolute atomic E-state index is 0.0131. The maximum absolute atomic E-state index is 10.9. The standard InChI is InChI=1S/C11H13NO3/c1-2-7-5-9(15-8-3-4-8)10(11(13)14)12-6-7/h5-6,8H,2-4H2,1H3,(H,13,14). The Morgan fingerprint density at radius 2 is 2.40 bits per heavy atom. The van der Waals surface area contributed by atoms with E-state index in [0.29, 0.717) is 5.75 Å². The lowest BCUT2D eigenvalue weighted by atomic mass is 10.2. The summed E-state index contributed by atoms with van der Waals surface area (Å²) in [6.45, 7) is 2.00. The molecule has 0 bridgehead atoms. The molecule has 1 N–H and O–H groups in total. The number of hydrogen-bond donors (Lipinski definition) is 1. The van der Waals surface area contributed by atoms with Crippen molar-refractivity contribution < 1.29 is 14.6 Å². The number of ether oxygens (including phenoxy) is 1. The predicted octanol–water partition coefficient (Wildman–Crippen LogP) is 1.88. The fourth-order valence-corrected chi connectivity index (χ4v) is 1.29. The van der Waals surface area contributed by atoms with Crippen LogP contribution in [0.5, 0.6) is 5.75 Å². The topological polar surface area (TPSA) is 59.4 Å². The normalized spacial score (nSPS) is 15.0. The quantitative estimate of drug-likeness (QED) is 0.818. The van der Waals surface area contributed by atoms with Gasteiger partial charge in [0.15, 0.2) is 11.4 Å². The Hall–Kier alpha value is -1.58.